The Hall–Kier alpha value is -0.410. The molecular weight excluding hydrogens is 252 g/mol. The molecule has 3 heteroatoms. The molecule has 3 saturated carbocycles. The molecule has 0 N–H and O–H groups in total. The lowest BCUT2D eigenvalue weighted by molar-refractivity contribution is -0.180. The van der Waals surface area contributed by atoms with Crippen LogP contribution < -0.4 is 0 Å². The van der Waals surface area contributed by atoms with Crippen LogP contribution in [0.3, 0.4) is 0 Å². The fourth-order valence-electron chi connectivity index (χ4n) is 4.43. The van der Waals surface area contributed by atoms with Crippen LogP contribution in [0.4, 0.5) is 0 Å². The number of methoxy groups -OCH3 is 1. The number of ketones is 1. The minimum atomic E-state index is -0.101. The van der Waals surface area contributed by atoms with Crippen LogP contribution in [0.5, 0.6) is 0 Å². The van der Waals surface area contributed by atoms with Gasteiger partial charge in [-0.05, 0) is 38.5 Å². The van der Waals surface area contributed by atoms with Crippen molar-refractivity contribution in [1.29, 1.82) is 0 Å². The summed E-state index contributed by atoms with van der Waals surface area (Å²) in [4.78, 5) is 12.2. The number of hydrogen-bond donors (Lipinski definition) is 0. The summed E-state index contributed by atoms with van der Waals surface area (Å²) in [5.74, 6) is 0.475. The lowest BCUT2D eigenvalue weighted by Gasteiger charge is -2.49. The molecule has 114 valence electrons. The zero-order valence-corrected chi connectivity index (χ0v) is 12.7. The van der Waals surface area contributed by atoms with E-state index in [2.05, 4.69) is 0 Å². The van der Waals surface area contributed by atoms with Crippen LogP contribution in [0.25, 0.3) is 0 Å². The smallest absolute Gasteiger partial charge is 0.144 e. The third-order valence-electron chi connectivity index (χ3n) is 5.81. The topological polar surface area (TPSA) is 35.5 Å². The van der Waals surface area contributed by atoms with Crippen molar-refractivity contribution in [3.63, 3.8) is 0 Å². The second-order valence-corrected chi connectivity index (χ2v) is 6.97. The summed E-state index contributed by atoms with van der Waals surface area (Å²) in [6.45, 7) is 0. The molecule has 3 aliphatic carbocycles. The van der Waals surface area contributed by atoms with E-state index in [0.717, 1.165) is 32.1 Å². The molecule has 0 aromatic heterocycles. The highest BCUT2D eigenvalue weighted by Gasteiger charge is 2.55. The Morgan fingerprint density at radius 3 is 2.35 bits per heavy atom. The zero-order chi connectivity index (χ0) is 14.0. The maximum Gasteiger partial charge on any atom is 0.144 e. The van der Waals surface area contributed by atoms with Crippen LogP contribution in [0.2, 0.25) is 0 Å². The quantitative estimate of drug-likeness (QED) is 0.791. The molecule has 3 atom stereocenters. The molecule has 0 radical (unpaired) electrons. The number of carbonyl (C=O) groups is 1. The van der Waals surface area contributed by atoms with Gasteiger partial charge in [-0.25, -0.2) is 0 Å². The van der Waals surface area contributed by atoms with E-state index in [1.165, 1.54) is 32.1 Å². The molecule has 0 heterocycles. The second-order valence-electron chi connectivity index (χ2n) is 6.97. The van der Waals surface area contributed by atoms with E-state index < -0.39 is 0 Å². The third kappa shape index (κ3) is 2.67. The molecule has 3 aliphatic rings. The number of rotatable bonds is 3. The number of ether oxygens (including phenoxy) is 2. The van der Waals surface area contributed by atoms with Crippen LogP contribution in [-0.2, 0) is 14.3 Å². The molecule has 0 aromatic rings. The Balaban J connectivity index is 1.60. The van der Waals surface area contributed by atoms with Gasteiger partial charge in [0.1, 0.15) is 5.78 Å². The zero-order valence-electron chi connectivity index (χ0n) is 12.7. The van der Waals surface area contributed by atoms with Crippen molar-refractivity contribution in [2.45, 2.75) is 88.9 Å². The van der Waals surface area contributed by atoms with E-state index in [-0.39, 0.29) is 11.5 Å². The Bertz CT molecular complexity index is 344. The highest BCUT2D eigenvalue weighted by Crippen LogP contribution is 2.50. The van der Waals surface area contributed by atoms with Gasteiger partial charge in [0.2, 0.25) is 0 Å². The van der Waals surface area contributed by atoms with Gasteiger partial charge < -0.3 is 9.47 Å². The molecule has 0 aromatic carbocycles. The van der Waals surface area contributed by atoms with Crippen LogP contribution in [0.15, 0.2) is 0 Å². The Labute approximate surface area is 122 Å². The average molecular weight is 280 g/mol. The molecule has 0 bridgehead atoms. The minimum Gasteiger partial charge on any atom is -0.381 e. The highest BCUT2D eigenvalue weighted by molar-refractivity contribution is 5.92. The first kappa shape index (κ1) is 14.5. The summed E-state index contributed by atoms with van der Waals surface area (Å²) >= 11 is 0. The molecule has 3 fully saturated rings. The predicted octanol–water partition coefficient (Wildman–Crippen LogP) is 3.64. The molecule has 3 nitrogen and oxygen atoms in total. The maximum absolute atomic E-state index is 12.2. The van der Waals surface area contributed by atoms with Gasteiger partial charge in [0.25, 0.3) is 0 Å². The molecular formula is C17H28O3. The van der Waals surface area contributed by atoms with Gasteiger partial charge in [-0.15, -0.1) is 0 Å². The Kier molecular flexibility index (Phi) is 4.46. The van der Waals surface area contributed by atoms with Gasteiger partial charge in [-0.1, -0.05) is 25.7 Å². The molecule has 1 spiro atoms. The van der Waals surface area contributed by atoms with E-state index >= 15 is 0 Å². The minimum absolute atomic E-state index is 0.101. The molecule has 0 aliphatic heterocycles. The lowest BCUT2D eigenvalue weighted by atomic mass is 9.60. The molecule has 20 heavy (non-hydrogen) atoms. The van der Waals surface area contributed by atoms with E-state index in [1.54, 1.807) is 7.11 Å². The van der Waals surface area contributed by atoms with Crippen molar-refractivity contribution in [3.8, 4) is 0 Å². The number of Topliss-reactive ketones (excluding diaryl/α,β-unsaturated/α-hetero) is 1. The molecule has 0 amide bonds. The van der Waals surface area contributed by atoms with Gasteiger partial charge >= 0.3 is 0 Å². The van der Waals surface area contributed by atoms with Gasteiger partial charge in [0.05, 0.1) is 23.7 Å². The normalized spacial score (nSPS) is 37.5. The molecule has 3 unspecified atom stereocenters. The molecule has 3 rings (SSSR count). The third-order valence-corrected chi connectivity index (χ3v) is 5.81. The Morgan fingerprint density at radius 2 is 1.70 bits per heavy atom. The van der Waals surface area contributed by atoms with E-state index in [1.807, 2.05) is 0 Å². The van der Waals surface area contributed by atoms with Crippen LogP contribution >= 0.6 is 0 Å². The van der Waals surface area contributed by atoms with E-state index in [4.69, 9.17) is 9.47 Å². The SMILES string of the molecule is COC1CCCC(OC2CC(=O)C23CCCCCC3)C1. The highest BCUT2D eigenvalue weighted by atomic mass is 16.5. The van der Waals surface area contributed by atoms with Crippen LogP contribution in [0, 0.1) is 5.41 Å². The monoisotopic (exact) mass is 280 g/mol. The van der Waals surface area contributed by atoms with Crippen LogP contribution in [0.1, 0.15) is 70.6 Å². The summed E-state index contributed by atoms with van der Waals surface area (Å²) in [5.41, 5.74) is -0.101. The van der Waals surface area contributed by atoms with Gasteiger partial charge in [0, 0.05) is 13.5 Å². The summed E-state index contributed by atoms with van der Waals surface area (Å²) in [7, 11) is 1.80. The number of carbonyl (C=O) groups excluding carboxylic acids is 1. The lowest BCUT2D eigenvalue weighted by Crippen LogP contribution is -2.56. The van der Waals surface area contributed by atoms with Crippen molar-refractivity contribution in [2.24, 2.45) is 5.41 Å². The van der Waals surface area contributed by atoms with Gasteiger partial charge in [-0.3, -0.25) is 4.79 Å². The van der Waals surface area contributed by atoms with Gasteiger partial charge in [-0.2, -0.15) is 0 Å². The first-order chi connectivity index (χ1) is 9.74. The fourth-order valence-corrected chi connectivity index (χ4v) is 4.43. The summed E-state index contributed by atoms with van der Waals surface area (Å²) in [5, 5.41) is 0. The van der Waals surface area contributed by atoms with E-state index in [9.17, 15) is 4.79 Å². The largest absolute Gasteiger partial charge is 0.381 e. The van der Waals surface area contributed by atoms with Crippen molar-refractivity contribution < 1.29 is 14.3 Å². The molecule has 0 saturated heterocycles. The summed E-state index contributed by atoms with van der Waals surface area (Å²) < 4.78 is 11.9. The van der Waals surface area contributed by atoms with Crippen molar-refractivity contribution in [3.05, 3.63) is 0 Å². The first-order valence-electron chi connectivity index (χ1n) is 8.46. The maximum atomic E-state index is 12.2. The van der Waals surface area contributed by atoms with Crippen molar-refractivity contribution in [1.82, 2.24) is 0 Å². The van der Waals surface area contributed by atoms with E-state index in [0.29, 0.717) is 24.4 Å². The summed E-state index contributed by atoms with van der Waals surface area (Å²) in [6, 6.07) is 0. The average Bonchev–Trinajstić information content (AvgIpc) is 2.75. The summed E-state index contributed by atoms with van der Waals surface area (Å²) in [6.07, 6.45) is 13.2. The van der Waals surface area contributed by atoms with Crippen molar-refractivity contribution in [2.75, 3.05) is 7.11 Å². The fraction of sp³-hybridized carbons (Fsp3) is 0.941. The van der Waals surface area contributed by atoms with Gasteiger partial charge in [0.15, 0.2) is 0 Å². The standard InChI is InChI=1S/C17H28O3/c1-19-13-7-6-8-14(11-13)20-16-12-15(18)17(16)9-4-2-3-5-10-17/h13-14,16H,2-12H2,1H3. The first-order valence-corrected chi connectivity index (χ1v) is 8.46. The van der Waals surface area contributed by atoms with Crippen molar-refractivity contribution >= 4 is 5.78 Å². The van der Waals surface area contributed by atoms with Crippen LogP contribution in [-0.4, -0.2) is 31.2 Å². The number of hydrogen-bond acceptors (Lipinski definition) is 3. The Morgan fingerprint density at radius 1 is 1.00 bits per heavy atom. The second kappa shape index (κ2) is 6.15. The predicted molar refractivity (Wildman–Crippen MR) is 77.7 cm³/mol.